The maximum absolute atomic E-state index is 12.4. The zero-order chi connectivity index (χ0) is 14.6. The van der Waals surface area contributed by atoms with Gasteiger partial charge in [-0.1, -0.05) is 19.1 Å². The van der Waals surface area contributed by atoms with Crippen LogP contribution in [0.3, 0.4) is 0 Å². The zero-order valence-electron chi connectivity index (χ0n) is 10.8. The van der Waals surface area contributed by atoms with E-state index in [0.29, 0.717) is 0 Å². The van der Waals surface area contributed by atoms with Crippen LogP contribution in [0.25, 0.3) is 0 Å². The van der Waals surface area contributed by atoms with Crippen molar-refractivity contribution in [2.24, 2.45) is 5.73 Å². The highest BCUT2D eigenvalue weighted by atomic mass is 32.2. The van der Waals surface area contributed by atoms with E-state index in [4.69, 9.17) is 5.73 Å². The van der Waals surface area contributed by atoms with Crippen molar-refractivity contribution in [1.82, 2.24) is 4.31 Å². The maximum Gasteiger partial charge on any atom is 0.289 e. The van der Waals surface area contributed by atoms with Gasteiger partial charge in [-0.2, -0.15) is 4.31 Å². The number of hydrogen-bond donors (Lipinski definition) is 1. The predicted octanol–water partition coefficient (Wildman–Crippen LogP) is 0.953. The van der Waals surface area contributed by atoms with Crippen molar-refractivity contribution in [2.75, 3.05) is 13.1 Å². The molecule has 0 aliphatic rings. The molecule has 0 aromatic heterocycles. The SMILES string of the molecule is CCN(CC(C)N)S(=O)(=O)c1ccccc1[N+](=O)[O-]. The second-order valence-corrected chi connectivity index (χ2v) is 6.06. The molecule has 1 aromatic carbocycles. The fraction of sp³-hybridized carbons (Fsp3) is 0.455. The van der Waals surface area contributed by atoms with Crippen molar-refractivity contribution in [3.8, 4) is 0 Å². The van der Waals surface area contributed by atoms with Gasteiger partial charge in [0.2, 0.25) is 10.0 Å². The molecule has 0 bridgehead atoms. The van der Waals surface area contributed by atoms with Crippen LogP contribution in [0.1, 0.15) is 13.8 Å². The molecule has 106 valence electrons. The summed E-state index contributed by atoms with van der Waals surface area (Å²) in [5.41, 5.74) is 5.18. The van der Waals surface area contributed by atoms with Crippen molar-refractivity contribution >= 4 is 15.7 Å². The second kappa shape index (κ2) is 6.09. The minimum Gasteiger partial charge on any atom is -0.327 e. The predicted molar refractivity (Wildman–Crippen MR) is 71.2 cm³/mol. The van der Waals surface area contributed by atoms with Crippen LogP contribution in [0.15, 0.2) is 29.2 Å². The molecule has 1 unspecified atom stereocenters. The summed E-state index contributed by atoms with van der Waals surface area (Å²) < 4.78 is 25.9. The summed E-state index contributed by atoms with van der Waals surface area (Å²) in [5.74, 6) is 0. The molecular formula is C11H17N3O4S. The first-order valence-corrected chi connectivity index (χ1v) is 7.23. The molecule has 0 aliphatic carbocycles. The monoisotopic (exact) mass is 287 g/mol. The van der Waals surface area contributed by atoms with Crippen LogP contribution >= 0.6 is 0 Å². The summed E-state index contributed by atoms with van der Waals surface area (Å²) >= 11 is 0. The lowest BCUT2D eigenvalue weighted by atomic mass is 10.3. The number of nitrogens with two attached hydrogens (primary N) is 1. The molecule has 0 aliphatic heterocycles. The van der Waals surface area contributed by atoms with Crippen LogP contribution < -0.4 is 5.73 Å². The summed E-state index contributed by atoms with van der Waals surface area (Å²) in [4.78, 5) is 9.89. The number of nitrogens with zero attached hydrogens (tertiary/aromatic N) is 2. The fourth-order valence-corrected chi connectivity index (χ4v) is 3.39. The lowest BCUT2D eigenvalue weighted by molar-refractivity contribution is -0.387. The molecule has 0 radical (unpaired) electrons. The Hall–Kier alpha value is -1.51. The third-order valence-electron chi connectivity index (χ3n) is 2.52. The molecule has 1 rings (SSSR count). The quantitative estimate of drug-likeness (QED) is 0.619. The Morgan fingerprint density at radius 2 is 2.00 bits per heavy atom. The van der Waals surface area contributed by atoms with Gasteiger partial charge in [0.1, 0.15) is 0 Å². The van der Waals surface area contributed by atoms with E-state index in [2.05, 4.69) is 0 Å². The van der Waals surface area contributed by atoms with Crippen LogP contribution in [-0.4, -0.2) is 36.8 Å². The van der Waals surface area contributed by atoms with E-state index in [9.17, 15) is 18.5 Å². The minimum absolute atomic E-state index is 0.116. The van der Waals surface area contributed by atoms with Gasteiger partial charge in [0, 0.05) is 25.2 Å². The van der Waals surface area contributed by atoms with Gasteiger partial charge in [-0.25, -0.2) is 8.42 Å². The van der Waals surface area contributed by atoms with Crippen LogP contribution in [-0.2, 0) is 10.0 Å². The molecule has 0 amide bonds. The van der Waals surface area contributed by atoms with Crippen LogP contribution in [0.4, 0.5) is 5.69 Å². The molecule has 1 atom stereocenters. The average Bonchev–Trinajstić information content (AvgIpc) is 2.35. The average molecular weight is 287 g/mol. The number of nitro benzene ring substituents is 1. The van der Waals surface area contributed by atoms with Crippen LogP contribution in [0, 0.1) is 10.1 Å². The maximum atomic E-state index is 12.4. The Bertz CT molecular complexity index is 557. The summed E-state index contributed by atoms with van der Waals surface area (Å²) in [6, 6.07) is 4.94. The molecule has 0 fully saturated rings. The van der Waals surface area contributed by atoms with Crippen molar-refractivity contribution < 1.29 is 13.3 Å². The molecular weight excluding hydrogens is 270 g/mol. The normalized spacial score (nSPS) is 13.5. The highest BCUT2D eigenvalue weighted by molar-refractivity contribution is 7.89. The summed E-state index contributed by atoms with van der Waals surface area (Å²) in [6.45, 7) is 3.66. The first kappa shape index (κ1) is 15.5. The Kier molecular flexibility index (Phi) is 4.98. The van der Waals surface area contributed by atoms with Gasteiger partial charge < -0.3 is 5.73 Å². The Morgan fingerprint density at radius 3 is 2.47 bits per heavy atom. The van der Waals surface area contributed by atoms with E-state index in [-0.39, 0.29) is 24.0 Å². The summed E-state index contributed by atoms with van der Waals surface area (Å²) in [7, 11) is -3.91. The Labute approximate surface area is 112 Å². The van der Waals surface area contributed by atoms with E-state index >= 15 is 0 Å². The number of sulfonamides is 1. The molecule has 19 heavy (non-hydrogen) atoms. The number of likely N-dealkylation sites (N-methyl/N-ethyl adjacent to an activating group) is 1. The summed E-state index contributed by atoms with van der Waals surface area (Å²) in [6.07, 6.45) is 0. The molecule has 8 heteroatoms. The lowest BCUT2D eigenvalue weighted by Gasteiger charge is -2.22. The molecule has 0 saturated heterocycles. The van der Waals surface area contributed by atoms with E-state index < -0.39 is 20.6 Å². The van der Waals surface area contributed by atoms with Gasteiger partial charge in [-0.05, 0) is 13.0 Å². The molecule has 2 N–H and O–H groups in total. The lowest BCUT2D eigenvalue weighted by Crippen LogP contribution is -2.39. The largest absolute Gasteiger partial charge is 0.327 e. The van der Waals surface area contributed by atoms with Gasteiger partial charge >= 0.3 is 0 Å². The first-order chi connectivity index (χ1) is 8.80. The number of benzene rings is 1. The summed E-state index contributed by atoms with van der Waals surface area (Å²) in [5, 5.41) is 10.9. The van der Waals surface area contributed by atoms with E-state index in [0.717, 1.165) is 4.31 Å². The molecule has 0 spiro atoms. The van der Waals surface area contributed by atoms with Gasteiger partial charge in [-0.3, -0.25) is 10.1 Å². The van der Waals surface area contributed by atoms with E-state index in [1.54, 1.807) is 13.8 Å². The third-order valence-corrected chi connectivity index (χ3v) is 4.51. The second-order valence-electron chi connectivity index (χ2n) is 4.16. The highest BCUT2D eigenvalue weighted by Gasteiger charge is 2.30. The minimum atomic E-state index is -3.91. The fourth-order valence-electron chi connectivity index (χ4n) is 1.68. The van der Waals surface area contributed by atoms with Crippen molar-refractivity contribution in [1.29, 1.82) is 0 Å². The van der Waals surface area contributed by atoms with Gasteiger partial charge in [0.15, 0.2) is 4.90 Å². The zero-order valence-corrected chi connectivity index (χ0v) is 11.6. The number of nitro groups is 1. The first-order valence-electron chi connectivity index (χ1n) is 5.79. The third kappa shape index (κ3) is 3.49. The number of rotatable bonds is 6. The highest BCUT2D eigenvalue weighted by Crippen LogP contribution is 2.26. The van der Waals surface area contributed by atoms with E-state index in [1.165, 1.54) is 24.3 Å². The molecule has 7 nitrogen and oxygen atoms in total. The number of hydrogen-bond acceptors (Lipinski definition) is 5. The van der Waals surface area contributed by atoms with Crippen molar-refractivity contribution in [2.45, 2.75) is 24.8 Å². The Morgan fingerprint density at radius 1 is 1.42 bits per heavy atom. The topological polar surface area (TPSA) is 107 Å². The van der Waals surface area contributed by atoms with Crippen LogP contribution in [0.2, 0.25) is 0 Å². The Balaban J connectivity index is 3.30. The van der Waals surface area contributed by atoms with Crippen molar-refractivity contribution in [3.05, 3.63) is 34.4 Å². The van der Waals surface area contributed by atoms with Crippen LogP contribution in [0.5, 0.6) is 0 Å². The van der Waals surface area contributed by atoms with E-state index in [1.807, 2.05) is 0 Å². The van der Waals surface area contributed by atoms with Gasteiger partial charge in [0.05, 0.1) is 4.92 Å². The molecule has 0 heterocycles. The number of para-hydroxylation sites is 1. The standard InChI is InChI=1S/C11H17N3O4S/c1-3-13(8-9(2)12)19(17,18)11-7-5-4-6-10(11)14(15)16/h4-7,9H,3,8,12H2,1-2H3. The smallest absolute Gasteiger partial charge is 0.289 e. The molecule has 1 aromatic rings. The van der Waals surface area contributed by atoms with Gasteiger partial charge in [-0.15, -0.1) is 0 Å². The van der Waals surface area contributed by atoms with Gasteiger partial charge in [0.25, 0.3) is 5.69 Å². The molecule has 0 saturated carbocycles. The van der Waals surface area contributed by atoms with Crippen molar-refractivity contribution in [3.63, 3.8) is 0 Å².